The smallest absolute Gasteiger partial charge is 0.348 e. The lowest BCUT2D eigenvalue weighted by Gasteiger charge is -2.29. The van der Waals surface area contributed by atoms with Crippen molar-refractivity contribution in [3.05, 3.63) is 105 Å². The molecule has 1 saturated heterocycles. The minimum Gasteiger partial charge on any atom is -0.348 e. The van der Waals surface area contributed by atoms with Crippen LogP contribution in [0.25, 0.3) is 0 Å². The number of aromatic amines is 1. The van der Waals surface area contributed by atoms with Crippen molar-refractivity contribution in [2.45, 2.75) is 50.7 Å². The topological polar surface area (TPSA) is 89.3 Å². The first-order chi connectivity index (χ1) is 17.6. The Hall–Kier alpha value is -3.47. The van der Waals surface area contributed by atoms with Crippen molar-refractivity contribution in [1.29, 1.82) is 0 Å². The van der Waals surface area contributed by atoms with Crippen LogP contribution in [0.5, 0.6) is 0 Å². The Bertz CT molecular complexity index is 1280. The third kappa shape index (κ3) is 6.65. The number of carbonyl (C=O) groups is 1. The van der Waals surface area contributed by atoms with Crippen LogP contribution in [0, 0.1) is 0 Å². The lowest BCUT2D eigenvalue weighted by molar-refractivity contribution is -0.137. The number of rotatable bonds is 8. The summed E-state index contributed by atoms with van der Waals surface area (Å²) in [5.74, 6) is -0.653. The normalized spacial score (nSPS) is 18.6. The highest BCUT2D eigenvalue weighted by molar-refractivity contribution is 5.93. The Kier molecular flexibility index (Phi) is 8.11. The summed E-state index contributed by atoms with van der Waals surface area (Å²) in [4.78, 5) is 30.0. The number of hydrazine groups is 1. The molecule has 1 fully saturated rings. The van der Waals surface area contributed by atoms with Gasteiger partial charge in [0.15, 0.2) is 0 Å². The zero-order chi connectivity index (χ0) is 26.6. The van der Waals surface area contributed by atoms with Crippen LogP contribution >= 0.6 is 0 Å². The van der Waals surface area contributed by atoms with E-state index in [1.807, 2.05) is 25.2 Å². The average molecular weight is 514 g/mol. The van der Waals surface area contributed by atoms with Gasteiger partial charge >= 0.3 is 6.18 Å². The summed E-state index contributed by atoms with van der Waals surface area (Å²) >= 11 is 0. The Morgan fingerprint density at radius 3 is 2.54 bits per heavy atom. The number of halogens is 3. The maximum Gasteiger partial charge on any atom is 0.416 e. The number of carbonyl (C=O) groups excluding carboxylic acids is 1. The van der Waals surface area contributed by atoms with E-state index in [1.54, 1.807) is 6.07 Å². The van der Waals surface area contributed by atoms with E-state index < -0.39 is 23.2 Å². The van der Waals surface area contributed by atoms with Crippen molar-refractivity contribution in [3.63, 3.8) is 0 Å². The highest BCUT2D eigenvalue weighted by Crippen LogP contribution is 2.29. The predicted octanol–water partition coefficient (Wildman–Crippen LogP) is 3.75. The van der Waals surface area contributed by atoms with E-state index >= 15 is 0 Å². The molecule has 0 bridgehead atoms. The first-order valence-corrected chi connectivity index (χ1v) is 12.0. The second kappa shape index (κ2) is 11.3. The molecule has 196 valence electrons. The van der Waals surface area contributed by atoms with Crippen LogP contribution < -0.4 is 21.7 Å². The second-order valence-electron chi connectivity index (χ2n) is 9.36. The van der Waals surface area contributed by atoms with Gasteiger partial charge in [0.25, 0.3) is 11.5 Å². The molecule has 2 heterocycles. The molecule has 0 radical (unpaired) electrons. The Balaban J connectivity index is 1.33. The van der Waals surface area contributed by atoms with Crippen molar-refractivity contribution in [1.82, 2.24) is 26.1 Å². The molecule has 37 heavy (non-hydrogen) atoms. The van der Waals surface area contributed by atoms with Gasteiger partial charge < -0.3 is 10.3 Å². The molecular formula is C27H30F3N5O2. The van der Waals surface area contributed by atoms with Crippen LogP contribution in [0.1, 0.15) is 52.1 Å². The Morgan fingerprint density at radius 1 is 1.08 bits per heavy atom. The molecule has 3 aromatic rings. The van der Waals surface area contributed by atoms with Crippen molar-refractivity contribution >= 4 is 5.91 Å². The largest absolute Gasteiger partial charge is 0.416 e. The van der Waals surface area contributed by atoms with Crippen LogP contribution in [0.4, 0.5) is 13.2 Å². The Morgan fingerprint density at radius 2 is 1.84 bits per heavy atom. The van der Waals surface area contributed by atoms with Gasteiger partial charge in [-0.2, -0.15) is 13.2 Å². The number of alkyl halides is 3. The molecule has 0 saturated carbocycles. The number of nitrogens with zero attached hydrogens (tertiary/aromatic N) is 1. The van der Waals surface area contributed by atoms with E-state index in [2.05, 4.69) is 45.1 Å². The lowest BCUT2D eigenvalue weighted by Crippen LogP contribution is -2.45. The molecule has 1 aliphatic heterocycles. The molecule has 10 heteroatoms. The molecule has 4 rings (SSSR count). The minimum atomic E-state index is -4.47. The fraction of sp³-hybridized carbons (Fsp3) is 0.333. The maximum atomic E-state index is 12.9. The van der Waals surface area contributed by atoms with E-state index in [0.717, 1.165) is 18.6 Å². The first-order valence-electron chi connectivity index (χ1n) is 12.0. The van der Waals surface area contributed by atoms with Crippen LogP contribution in [0.2, 0.25) is 0 Å². The molecule has 3 atom stereocenters. The number of aromatic nitrogens is 1. The molecule has 4 N–H and O–H groups in total. The molecule has 1 aromatic heterocycles. The number of H-pyrrole nitrogens is 1. The van der Waals surface area contributed by atoms with E-state index in [1.165, 1.54) is 23.8 Å². The van der Waals surface area contributed by atoms with E-state index in [-0.39, 0.29) is 35.8 Å². The highest BCUT2D eigenvalue weighted by atomic mass is 19.4. The van der Waals surface area contributed by atoms with Gasteiger partial charge in [-0.3, -0.25) is 19.9 Å². The molecule has 7 nitrogen and oxygen atoms in total. The van der Waals surface area contributed by atoms with Gasteiger partial charge in [0.05, 0.1) is 5.56 Å². The number of likely N-dealkylation sites (N-methyl/N-ethyl adjacent to an activating group) is 1. The number of hydrogen-bond donors (Lipinski definition) is 4. The van der Waals surface area contributed by atoms with Gasteiger partial charge in [0.1, 0.15) is 5.56 Å². The third-order valence-electron chi connectivity index (χ3n) is 6.75. The summed E-state index contributed by atoms with van der Waals surface area (Å²) in [6.07, 6.45) is -3.55. The number of pyridine rings is 1. The fourth-order valence-electron chi connectivity index (χ4n) is 4.44. The first kappa shape index (κ1) is 26.6. The predicted molar refractivity (Wildman–Crippen MR) is 134 cm³/mol. The molecular weight excluding hydrogens is 483 g/mol. The summed E-state index contributed by atoms with van der Waals surface area (Å²) in [5.41, 5.74) is 7.44. The summed E-state index contributed by atoms with van der Waals surface area (Å²) in [7, 11) is 1.97. The zero-order valence-electron chi connectivity index (χ0n) is 20.6. The minimum absolute atomic E-state index is 0.0983. The SMILES string of the molecule is CC(C1CC(c2ccccc2)NN1)N(C)Cc1ccc(C(=O)NCc2cccc(C(F)(F)F)c2)c(=O)[nH]1. The molecule has 1 aliphatic rings. The number of benzene rings is 2. The van der Waals surface area contributed by atoms with Gasteiger partial charge in [-0.15, -0.1) is 0 Å². The van der Waals surface area contributed by atoms with Gasteiger partial charge in [-0.05, 0) is 55.8 Å². The standard InChI is InChI=1S/C27H30F3N5O2/c1-17(23-14-24(34-33-23)19-8-4-3-5-9-19)35(2)16-21-11-12-22(26(37)32-21)25(36)31-15-18-7-6-10-20(13-18)27(28,29)30/h3-13,17,23-24,33-34H,14-16H2,1-2H3,(H,31,36)(H,32,37). The van der Waals surface area contributed by atoms with Crippen molar-refractivity contribution < 1.29 is 18.0 Å². The lowest BCUT2D eigenvalue weighted by atomic mass is 9.98. The number of nitrogens with one attached hydrogen (secondary N) is 4. The molecule has 0 aliphatic carbocycles. The number of amides is 1. The summed E-state index contributed by atoms with van der Waals surface area (Å²) < 4.78 is 38.7. The molecule has 0 spiro atoms. The average Bonchev–Trinajstić information content (AvgIpc) is 3.37. The second-order valence-corrected chi connectivity index (χ2v) is 9.36. The summed E-state index contributed by atoms with van der Waals surface area (Å²) in [5, 5.41) is 2.52. The van der Waals surface area contributed by atoms with Crippen LogP contribution in [-0.2, 0) is 19.3 Å². The highest BCUT2D eigenvalue weighted by Gasteiger charge is 2.31. The molecule has 2 aromatic carbocycles. The van der Waals surface area contributed by atoms with Crippen LogP contribution in [0.15, 0.2) is 71.5 Å². The van der Waals surface area contributed by atoms with Gasteiger partial charge in [-0.25, -0.2) is 5.43 Å². The van der Waals surface area contributed by atoms with Gasteiger partial charge in [0, 0.05) is 36.9 Å². The van der Waals surface area contributed by atoms with E-state index in [9.17, 15) is 22.8 Å². The van der Waals surface area contributed by atoms with Crippen molar-refractivity contribution in [2.75, 3.05) is 7.05 Å². The fourth-order valence-corrected chi connectivity index (χ4v) is 4.44. The molecule has 3 unspecified atom stereocenters. The monoisotopic (exact) mass is 513 g/mol. The van der Waals surface area contributed by atoms with Crippen molar-refractivity contribution in [3.8, 4) is 0 Å². The Labute approximate surface area is 213 Å². The molecule has 1 amide bonds. The summed E-state index contributed by atoms with van der Waals surface area (Å²) in [6.45, 7) is 2.45. The van der Waals surface area contributed by atoms with E-state index in [4.69, 9.17) is 0 Å². The van der Waals surface area contributed by atoms with Crippen molar-refractivity contribution in [2.24, 2.45) is 0 Å². The van der Waals surface area contributed by atoms with Gasteiger partial charge in [0.2, 0.25) is 0 Å². The van der Waals surface area contributed by atoms with Gasteiger partial charge in [-0.1, -0.05) is 42.5 Å². The van der Waals surface area contributed by atoms with Crippen LogP contribution in [0.3, 0.4) is 0 Å². The van der Waals surface area contributed by atoms with E-state index in [0.29, 0.717) is 12.2 Å². The third-order valence-corrected chi connectivity index (χ3v) is 6.75. The maximum absolute atomic E-state index is 12.9. The zero-order valence-corrected chi connectivity index (χ0v) is 20.6. The van der Waals surface area contributed by atoms with Crippen LogP contribution in [-0.4, -0.2) is 34.9 Å². The quantitative estimate of drug-likeness (QED) is 0.369. The number of hydrogen-bond acceptors (Lipinski definition) is 5. The summed E-state index contributed by atoms with van der Waals surface area (Å²) in [6, 6.07) is 18.6.